The van der Waals surface area contributed by atoms with E-state index in [-0.39, 0.29) is 17.9 Å². The van der Waals surface area contributed by atoms with Gasteiger partial charge in [0, 0.05) is 18.5 Å². The molecule has 0 fully saturated rings. The first kappa shape index (κ1) is 20.5. The Labute approximate surface area is 147 Å². The van der Waals surface area contributed by atoms with Crippen molar-refractivity contribution in [1.29, 1.82) is 0 Å². The molecule has 25 heavy (non-hydrogen) atoms. The van der Waals surface area contributed by atoms with Gasteiger partial charge in [-0.25, -0.2) is 0 Å². The Balaban J connectivity index is 2.45. The van der Waals surface area contributed by atoms with Gasteiger partial charge in [-0.1, -0.05) is 19.3 Å². The number of carboxylic acids is 1. The molecule has 2 N–H and O–H groups in total. The van der Waals surface area contributed by atoms with E-state index in [9.17, 15) is 14.4 Å². The Kier molecular flexibility index (Phi) is 9.06. The predicted molar refractivity (Wildman–Crippen MR) is 92.6 cm³/mol. The predicted octanol–water partition coefficient (Wildman–Crippen LogP) is 2.67. The lowest BCUT2D eigenvalue weighted by molar-refractivity contribution is -0.137. The average Bonchev–Trinajstić information content (AvgIpc) is 2.61. The van der Waals surface area contributed by atoms with Gasteiger partial charge in [-0.2, -0.15) is 0 Å². The molecule has 1 aromatic carbocycles. The third-order valence-corrected chi connectivity index (χ3v) is 3.75. The van der Waals surface area contributed by atoms with E-state index in [0.29, 0.717) is 36.3 Å². The summed E-state index contributed by atoms with van der Waals surface area (Å²) < 4.78 is 10.3. The summed E-state index contributed by atoms with van der Waals surface area (Å²) in [5, 5.41) is 11.3. The fourth-order valence-corrected chi connectivity index (χ4v) is 2.45. The molecular formula is C18H25NO6. The van der Waals surface area contributed by atoms with E-state index in [1.54, 1.807) is 0 Å². The van der Waals surface area contributed by atoms with Crippen LogP contribution in [-0.4, -0.2) is 44.0 Å². The zero-order valence-corrected chi connectivity index (χ0v) is 14.7. The fraction of sp³-hybridized carbons (Fsp3) is 0.500. The van der Waals surface area contributed by atoms with Crippen LogP contribution in [0.1, 0.15) is 59.2 Å². The molecule has 0 saturated heterocycles. The average molecular weight is 351 g/mol. The molecule has 0 bridgehead atoms. The topological polar surface area (TPSA) is 102 Å². The second-order valence-corrected chi connectivity index (χ2v) is 5.59. The van der Waals surface area contributed by atoms with E-state index in [1.165, 1.54) is 26.4 Å². The van der Waals surface area contributed by atoms with Crippen molar-refractivity contribution in [1.82, 2.24) is 5.32 Å². The first-order valence-electron chi connectivity index (χ1n) is 8.24. The third-order valence-electron chi connectivity index (χ3n) is 3.75. The molecule has 7 nitrogen and oxygen atoms in total. The number of methoxy groups -OCH3 is 2. The fourth-order valence-electron chi connectivity index (χ4n) is 2.45. The van der Waals surface area contributed by atoms with Crippen molar-refractivity contribution in [3.05, 3.63) is 23.3 Å². The molecule has 0 heterocycles. The highest BCUT2D eigenvalue weighted by Crippen LogP contribution is 2.31. The molecule has 0 aromatic heterocycles. The van der Waals surface area contributed by atoms with Crippen LogP contribution in [0.25, 0.3) is 0 Å². The summed E-state index contributed by atoms with van der Waals surface area (Å²) in [5.41, 5.74) is 0.589. The third kappa shape index (κ3) is 6.82. The lowest BCUT2D eigenvalue weighted by Crippen LogP contribution is -2.24. The largest absolute Gasteiger partial charge is 0.493 e. The van der Waals surface area contributed by atoms with Crippen LogP contribution in [-0.2, 0) is 4.79 Å². The Bertz CT molecular complexity index is 599. The molecule has 1 aromatic rings. The number of hydrogen-bond donors (Lipinski definition) is 2. The summed E-state index contributed by atoms with van der Waals surface area (Å²) in [6.45, 7) is 0.516. The van der Waals surface area contributed by atoms with E-state index in [4.69, 9.17) is 14.6 Å². The molecule has 0 aliphatic heterocycles. The number of benzene rings is 1. The Morgan fingerprint density at radius 3 is 2.36 bits per heavy atom. The number of aliphatic carboxylic acids is 1. The highest BCUT2D eigenvalue weighted by molar-refractivity contribution is 5.97. The Hall–Kier alpha value is -2.57. The molecule has 138 valence electrons. The van der Waals surface area contributed by atoms with Crippen molar-refractivity contribution in [3.63, 3.8) is 0 Å². The number of unbranched alkanes of at least 4 members (excludes halogenated alkanes) is 4. The number of rotatable bonds is 12. The molecule has 0 radical (unpaired) electrons. The van der Waals surface area contributed by atoms with Crippen molar-refractivity contribution in [2.75, 3.05) is 20.8 Å². The first-order chi connectivity index (χ1) is 12.0. The Morgan fingerprint density at radius 1 is 1.08 bits per heavy atom. The molecule has 0 aliphatic carbocycles. The van der Waals surface area contributed by atoms with E-state index >= 15 is 0 Å². The van der Waals surface area contributed by atoms with Gasteiger partial charge < -0.3 is 19.9 Å². The van der Waals surface area contributed by atoms with Crippen molar-refractivity contribution in [3.8, 4) is 11.5 Å². The molecule has 0 saturated carbocycles. The van der Waals surface area contributed by atoms with Crippen molar-refractivity contribution in [2.24, 2.45) is 0 Å². The molecular weight excluding hydrogens is 326 g/mol. The monoisotopic (exact) mass is 351 g/mol. The second kappa shape index (κ2) is 11.1. The number of hydrogen-bond acceptors (Lipinski definition) is 5. The van der Waals surface area contributed by atoms with Gasteiger partial charge >= 0.3 is 5.97 Å². The Morgan fingerprint density at radius 2 is 1.76 bits per heavy atom. The van der Waals surface area contributed by atoms with Gasteiger partial charge in [0.2, 0.25) is 0 Å². The van der Waals surface area contributed by atoms with Gasteiger partial charge in [0.05, 0.1) is 19.8 Å². The summed E-state index contributed by atoms with van der Waals surface area (Å²) in [5.74, 6) is -0.419. The van der Waals surface area contributed by atoms with Crippen LogP contribution < -0.4 is 14.8 Å². The number of nitrogens with one attached hydrogen (secondary N) is 1. The zero-order valence-electron chi connectivity index (χ0n) is 14.7. The van der Waals surface area contributed by atoms with Crippen LogP contribution >= 0.6 is 0 Å². The summed E-state index contributed by atoms with van der Waals surface area (Å²) in [6.07, 6.45) is 5.05. The van der Waals surface area contributed by atoms with Gasteiger partial charge in [-0.05, 0) is 25.0 Å². The van der Waals surface area contributed by atoms with Crippen LogP contribution in [0.15, 0.2) is 12.1 Å². The molecule has 0 aliphatic rings. The molecule has 1 rings (SSSR count). The minimum Gasteiger partial charge on any atom is -0.493 e. The summed E-state index contributed by atoms with van der Waals surface area (Å²) >= 11 is 0. The highest BCUT2D eigenvalue weighted by Gasteiger charge is 2.15. The minimum atomic E-state index is -0.767. The maximum atomic E-state index is 12.2. The van der Waals surface area contributed by atoms with Crippen LogP contribution in [0.2, 0.25) is 0 Å². The van der Waals surface area contributed by atoms with E-state index < -0.39 is 5.97 Å². The number of ether oxygens (including phenoxy) is 2. The van der Waals surface area contributed by atoms with Gasteiger partial charge in [0.1, 0.15) is 0 Å². The number of carbonyl (C=O) groups is 3. The summed E-state index contributed by atoms with van der Waals surface area (Å²) in [6, 6.07) is 3.00. The zero-order chi connectivity index (χ0) is 18.7. The van der Waals surface area contributed by atoms with Crippen molar-refractivity contribution < 1.29 is 29.0 Å². The highest BCUT2D eigenvalue weighted by atomic mass is 16.5. The number of amides is 1. The van der Waals surface area contributed by atoms with Crippen LogP contribution in [0.4, 0.5) is 0 Å². The van der Waals surface area contributed by atoms with Gasteiger partial charge in [-0.3, -0.25) is 14.4 Å². The normalized spacial score (nSPS) is 10.2. The summed E-state index contributed by atoms with van der Waals surface area (Å²) in [7, 11) is 2.87. The van der Waals surface area contributed by atoms with Gasteiger partial charge in [-0.15, -0.1) is 0 Å². The number of carbonyl (C=O) groups excluding carboxylic acids is 2. The standard InChI is InChI=1S/C18H25NO6/c1-24-15-11-13(10-14(12-20)17(15)25-2)18(23)19-9-7-5-3-4-6-8-16(21)22/h10-12H,3-9H2,1-2H3,(H,19,23)(H,21,22). The lowest BCUT2D eigenvalue weighted by Gasteiger charge is -2.12. The van der Waals surface area contributed by atoms with Crippen LogP contribution in [0.5, 0.6) is 11.5 Å². The molecule has 0 unspecified atom stereocenters. The molecule has 7 heteroatoms. The lowest BCUT2D eigenvalue weighted by atomic mass is 10.1. The second-order valence-electron chi connectivity index (χ2n) is 5.59. The smallest absolute Gasteiger partial charge is 0.303 e. The molecule has 0 atom stereocenters. The number of aldehydes is 1. The summed E-state index contributed by atoms with van der Waals surface area (Å²) in [4.78, 5) is 33.7. The van der Waals surface area contributed by atoms with Crippen LogP contribution in [0.3, 0.4) is 0 Å². The number of carboxylic acid groups (broad SMARTS) is 1. The quantitative estimate of drug-likeness (QED) is 0.443. The van der Waals surface area contributed by atoms with E-state index in [0.717, 1.165) is 25.7 Å². The maximum absolute atomic E-state index is 12.2. The SMILES string of the molecule is COc1cc(C(=O)NCCCCCCCC(=O)O)cc(C=O)c1OC. The van der Waals surface area contributed by atoms with Gasteiger partial charge in [0.25, 0.3) is 5.91 Å². The minimum absolute atomic E-state index is 0.203. The van der Waals surface area contributed by atoms with E-state index in [2.05, 4.69) is 5.32 Å². The van der Waals surface area contributed by atoms with E-state index in [1.807, 2.05) is 0 Å². The van der Waals surface area contributed by atoms with Gasteiger partial charge in [0.15, 0.2) is 17.8 Å². The first-order valence-corrected chi connectivity index (χ1v) is 8.24. The maximum Gasteiger partial charge on any atom is 0.303 e. The van der Waals surface area contributed by atoms with Crippen molar-refractivity contribution >= 4 is 18.2 Å². The molecule has 1 amide bonds. The molecule has 0 spiro atoms. The van der Waals surface area contributed by atoms with Crippen LogP contribution in [0, 0.1) is 0 Å². The van der Waals surface area contributed by atoms with Crippen molar-refractivity contribution in [2.45, 2.75) is 38.5 Å².